The number of amides is 3. The van der Waals surface area contributed by atoms with Crippen LogP contribution in [0.5, 0.6) is 0 Å². The lowest BCUT2D eigenvalue weighted by atomic mass is 10.1. The van der Waals surface area contributed by atoms with E-state index in [0.717, 1.165) is 31.7 Å². The third-order valence-corrected chi connectivity index (χ3v) is 4.44. The molecule has 2 aliphatic heterocycles. The predicted octanol–water partition coefficient (Wildman–Crippen LogP) is 0.832. The Kier molecular flexibility index (Phi) is 4.02. The first-order valence-electron chi connectivity index (χ1n) is 7.62. The first-order chi connectivity index (χ1) is 10.5. The van der Waals surface area contributed by atoms with Gasteiger partial charge >= 0.3 is 6.03 Å². The molecule has 6 nitrogen and oxygen atoms in total. The summed E-state index contributed by atoms with van der Waals surface area (Å²) >= 11 is 0. The maximum atomic E-state index is 11.9. The van der Waals surface area contributed by atoms with Gasteiger partial charge in [0, 0.05) is 45.5 Å². The highest BCUT2D eigenvalue weighted by Crippen LogP contribution is 2.19. The maximum absolute atomic E-state index is 11.9. The summed E-state index contributed by atoms with van der Waals surface area (Å²) in [4.78, 5) is 30.9. The second kappa shape index (κ2) is 5.96. The number of hydrogen-bond donors (Lipinski definition) is 0. The van der Waals surface area contributed by atoms with Crippen molar-refractivity contribution < 1.29 is 9.59 Å². The van der Waals surface area contributed by atoms with Gasteiger partial charge in [0.15, 0.2) is 0 Å². The molecule has 6 heteroatoms. The van der Waals surface area contributed by atoms with E-state index in [1.807, 2.05) is 12.1 Å². The Morgan fingerprint density at radius 1 is 0.955 bits per heavy atom. The fourth-order valence-corrected chi connectivity index (χ4v) is 2.88. The lowest BCUT2D eigenvalue weighted by Crippen LogP contribution is -2.44. The summed E-state index contributed by atoms with van der Waals surface area (Å²) in [6, 6.07) is 8.08. The molecule has 118 valence electrons. The number of hydrogen-bond acceptors (Lipinski definition) is 4. The van der Waals surface area contributed by atoms with Crippen LogP contribution in [0, 0.1) is 0 Å². The zero-order valence-electron chi connectivity index (χ0n) is 13.2. The van der Waals surface area contributed by atoms with Crippen molar-refractivity contribution in [2.75, 3.05) is 51.7 Å². The molecule has 0 N–H and O–H groups in total. The van der Waals surface area contributed by atoms with Crippen LogP contribution in [0.15, 0.2) is 24.3 Å². The lowest BCUT2D eigenvalue weighted by molar-refractivity contribution is -0.124. The summed E-state index contributed by atoms with van der Waals surface area (Å²) in [6.45, 7) is 4.91. The molecule has 0 saturated carbocycles. The van der Waals surface area contributed by atoms with Crippen LogP contribution in [-0.2, 0) is 11.3 Å². The van der Waals surface area contributed by atoms with E-state index >= 15 is 0 Å². The average molecular weight is 302 g/mol. The molecule has 0 aromatic heterocycles. The van der Waals surface area contributed by atoms with Gasteiger partial charge in [0.2, 0.25) is 5.91 Å². The molecule has 3 amide bonds. The van der Waals surface area contributed by atoms with E-state index in [4.69, 9.17) is 0 Å². The van der Waals surface area contributed by atoms with Crippen molar-refractivity contribution in [1.82, 2.24) is 14.7 Å². The Labute approximate surface area is 130 Å². The molecule has 2 aliphatic rings. The number of benzene rings is 1. The third kappa shape index (κ3) is 2.92. The number of carbonyl (C=O) groups is 2. The van der Waals surface area contributed by atoms with E-state index in [-0.39, 0.29) is 18.5 Å². The van der Waals surface area contributed by atoms with E-state index in [1.165, 1.54) is 17.6 Å². The smallest absolute Gasteiger partial charge is 0.327 e. The first-order valence-corrected chi connectivity index (χ1v) is 7.62. The summed E-state index contributed by atoms with van der Waals surface area (Å²) < 4.78 is 0. The van der Waals surface area contributed by atoms with Crippen LogP contribution < -0.4 is 4.90 Å². The van der Waals surface area contributed by atoms with Crippen molar-refractivity contribution in [1.29, 1.82) is 0 Å². The number of likely N-dealkylation sites (N-methyl/N-ethyl adjacent to an activating group) is 2. The van der Waals surface area contributed by atoms with Crippen LogP contribution in [0.4, 0.5) is 10.5 Å². The van der Waals surface area contributed by atoms with Gasteiger partial charge in [0.25, 0.3) is 0 Å². The van der Waals surface area contributed by atoms with Crippen LogP contribution in [0.1, 0.15) is 5.56 Å². The number of carbonyl (C=O) groups excluding carboxylic acids is 2. The topological polar surface area (TPSA) is 47.1 Å². The standard InChI is InChI=1S/C16H22N4O2/c1-17-7-9-19(10-8-17)14-5-3-13(4-6-14)11-20-12-15(21)18(2)16(20)22/h3-6H,7-12H2,1-2H3. The van der Waals surface area contributed by atoms with Crippen LogP contribution >= 0.6 is 0 Å². The molecule has 2 heterocycles. The highest BCUT2D eigenvalue weighted by molar-refractivity contribution is 6.01. The number of nitrogens with zero attached hydrogens (tertiary/aromatic N) is 4. The Bertz CT molecular complexity index is 564. The molecule has 22 heavy (non-hydrogen) atoms. The van der Waals surface area contributed by atoms with Crippen molar-refractivity contribution in [3.05, 3.63) is 29.8 Å². The predicted molar refractivity (Wildman–Crippen MR) is 84.7 cm³/mol. The summed E-state index contributed by atoms with van der Waals surface area (Å²) in [5.74, 6) is -0.140. The number of rotatable bonds is 3. The van der Waals surface area contributed by atoms with Gasteiger partial charge in [-0.25, -0.2) is 4.79 Å². The minimum absolute atomic E-state index is 0.140. The monoisotopic (exact) mass is 302 g/mol. The van der Waals surface area contributed by atoms with Gasteiger partial charge in [-0.3, -0.25) is 9.69 Å². The molecule has 0 aliphatic carbocycles. The van der Waals surface area contributed by atoms with E-state index < -0.39 is 0 Å². The van der Waals surface area contributed by atoms with Crippen molar-refractivity contribution in [3.63, 3.8) is 0 Å². The van der Waals surface area contributed by atoms with Crippen LogP contribution in [0.3, 0.4) is 0 Å². The highest BCUT2D eigenvalue weighted by atomic mass is 16.2. The van der Waals surface area contributed by atoms with Gasteiger partial charge in [-0.15, -0.1) is 0 Å². The molecule has 3 rings (SSSR count). The lowest BCUT2D eigenvalue weighted by Gasteiger charge is -2.34. The number of imide groups is 1. The molecule has 0 unspecified atom stereocenters. The van der Waals surface area contributed by atoms with E-state index in [9.17, 15) is 9.59 Å². The average Bonchev–Trinajstić information content (AvgIpc) is 2.76. The highest BCUT2D eigenvalue weighted by Gasteiger charge is 2.32. The van der Waals surface area contributed by atoms with E-state index in [2.05, 4.69) is 29.0 Å². The van der Waals surface area contributed by atoms with Gasteiger partial charge in [-0.05, 0) is 24.7 Å². The van der Waals surface area contributed by atoms with Crippen LogP contribution in [0.25, 0.3) is 0 Å². The second-order valence-electron chi connectivity index (χ2n) is 6.05. The minimum Gasteiger partial charge on any atom is -0.369 e. The Morgan fingerprint density at radius 3 is 2.14 bits per heavy atom. The molecule has 1 aromatic rings. The Hall–Kier alpha value is -2.08. The Morgan fingerprint density at radius 2 is 1.59 bits per heavy atom. The van der Waals surface area contributed by atoms with Crippen molar-refractivity contribution in [3.8, 4) is 0 Å². The van der Waals surface area contributed by atoms with Gasteiger partial charge in [0.05, 0.1) is 0 Å². The van der Waals surface area contributed by atoms with Gasteiger partial charge in [-0.2, -0.15) is 0 Å². The molecule has 0 spiro atoms. The zero-order chi connectivity index (χ0) is 15.7. The SMILES string of the molecule is CN1CCN(c2ccc(CN3CC(=O)N(C)C3=O)cc2)CC1. The molecular weight excluding hydrogens is 280 g/mol. The number of anilines is 1. The summed E-state index contributed by atoms with van der Waals surface area (Å²) in [6.07, 6.45) is 0. The van der Waals surface area contributed by atoms with Gasteiger partial charge in [0.1, 0.15) is 6.54 Å². The molecule has 1 aromatic carbocycles. The maximum Gasteiger partial charge on any atom is 0.327 e. The van der Waals surface area contributed by atoms with Crippen molar-refractivity contribution in [2.24, 2.45) is 0 Å². The third-order valence-electron chi connectivity index (χ3n) is 4.44. The van der Waals surface area contributed by atoms with Crippen molar-refractivity contribution >= 4 is 17.6 Å². The molecule has 0 bridgehead atoms. The fraction of sp³-hybridized carbons (Fsp3) is 0.500. The van der Waals surface area contributed by atoms with Gasteiger partial charge in [-0.1, -0.05) is 12.1 Å². The molecule has 0 radical (unpaired) electrons. The largest absolute Gasteiger partial charge is 0.369 e. The normalized spacial score (nSPS) is 20.2. The zero-order valence-corrected chi connectivity index (χ0v) is 13.2. The Balaban J connectivity index is 1.62. The van der Waals surface area contributed by atoms with Crippen LogP contribution in [-0.4, -0.2) is 73.5 Å². The van der Waals surface area contributed by atoms with E-state index in [0.29, 0.717) is 6.54 Å². The van der Waals surface area contributed by atoms with Crippen LogP contribution in [0.2, 0.25) is 0 Å². The number of urea groups is 1. The number of piperazine rings is 1. The first kappa shape index (κ1) is 14.8. The molecule has 2 fully saturated rings. The second-order valence-corrected chi connectivity index (χ2v) is 6.05. The summed E-state index contributed by atoms with van der Waals surface area (Å²) in [5, 5.41) is 0. The summed E-state index contributed by atoms with van der Waals surface area (Å²) in [7, 11) is 3.67. The van der Waals surface area contributed by atoms with E-state index in [1.54, 1.807) is 4.90 Å². The fourth-order valence-electron chi connectivity index (χ4n) is 2.88. The minimum atomic E-state index is -0.215. The molecular formula is C16H22N4O2. The van der Waals surface area contributed by atoms with Crippen molar-refractivity contribution in [2.45, 2.75) is 6.54 Å². The summed E-state index contributed by atoms with van der Waals surface area (Å²) in [5.41, 5.74) is 2.27. The quantitative estimate of drug-likeness (QED) is 0.776. The molecule has 0 atom stereocenters. The molecule has 2 saturated heterocycles. The van der Waals surface area contributed by atoms with Gasteiger partial charge < -0.3 is 14.7 Å².